The number of hydrogen-bond acceptors (Lipinski definition) is 3. The van der Waals surface area contributed by atoms with Crippen molar-refractivity contribution in [1.82, 2.24) is 14.3 Å². The number of rotatable bonds is 9. The zero-order valence-corrected chi connectivity index (χ0v) is 19.9. The number of aromatic nitrogens is 2. The summed E-state index contributed by atoms with van der Waals surface area (Å²) in [6.07, 6.45) is 4.24. The number of benzene rings is 1. The van der Waals surface area contributed by atoms with Crippen LogP contribution in [-0.4, -0.2) is 33.2 Å². The molecule has 1 fully saturated rings. The lowest BCUT2D eigenvalue weighted by Gasteiger charge is -2.24. The summed E-state index contributed by atoms with van der Waals surface area (Å²) >= 11 is 0. The number of imidazole rings is 1. The average molecular weight is 422 g/mol. The molecule has 28 heavy (non-hydrogen) atoms. The van der Waals surface area contributed by atoms with Crippen LogP contribution in [-0.2, 0) is 22.5 Å². The number of fused-ring (bicyclic) bond motifs is 1. The van der Waals surface area contributed by atoms with Crippen molar-refractivity contribution in [2.45, 2.75) is 76.8 Å². The predicted octanol–water partition coefficient (Wildman–Crippen LogP) is 4.85. The highest BCUT2D eigenvalue weighted by Gasteiger charge is 2.35. The van der Waals surface area contributed by atoms with Crippen molar-refractivity contribution in [2.75, 3.05) is 6.61 Å². The van der Waals surface area contributed by atoms with Gasteiger partial charge in [-0.1, -0.05) is 25.7 Å². The van der Waals surface area contributed by atoms with E-state index in [0.717, 1.165) is 17.6 Å². The summed E-state index contributed by atoms with van der Waals surface area (Å²) in [5.74, 6) is 0.565. The van der Waals surface area contributed by atoms with Crippen LogP contribution in [0.4, 0.5) is 0 Å². The molecule has 156 valence electrons. The molecule has 1 heterocycles. The van der Waals surface area contributed by atoms with Crippen LogP contribution in [0.5, 0.6) is 0 Å². The third kappa shape index (κ3) is 5.75. The van der Waals surface area contributed by atoms with Gasteiger partial charge in [-0.3, -0.25) is 0 Å². The second-order valence-corrected chi connectivity index (χ2v) is 17.7. The first-order valence-electron chi connectivity index (χ1n) is 10.3. The van der Waals surface area contributed by atoms with Gasteiger partial charge in [0.05, 0.1) is 33.1 Å². The standard InChI is InChI=1S/C21H35N3O2SSi/c1-21(2,3)27(25)23-20(16-7-8-16)17-9-10-19-18(13-17)22-14-24(19)15-26-11-12-28(4,5)6/h9-10,13-14,16,20,23H,7-8,11-12,15H2,1-6H3/t20-,27+/m1/s1. The van der Waals surface area contributed by atoms with Gasteiger partial charge in [0.25, 0.3) is 0 Å². The molecule has 0 bridgehead atoms. The van der Waals surface area contributed by atoms with Crippen LogP contribution >= 0.6 is 0 Å². The Balaban J connectivity index is 1.71. The van der Waals surface area contributed by atoms with Gasteiger partial charge < -0.3 is 9.30 Å². The number of nitrogens with zero attached hydrogens (tertiary/aromatic N) is 2. The zero-order chi connectivity index (χ0) is 20.5. The summed E-state index contributed by atoms with van der Waals surface area (Å²) in [6.45, 7) is 14.5. The van der Waals surface area contributed by atoms with E-state index in [0.29, 0.717) is 12.6 Å². The lowest BCUT2D eigenvalue weighted by Crippen LogP contribution is -2.36. The van der Waals surface area contributed by atoms with Gasteiger partial charge in [-0.05, 0) is 63.3 Å². The number of hydrogen-bond donors (Lipinski definition) is 1. The Morgan fingerprint density at radius 2 is 2.04 bits per heavy atom. The van der Waals surface area contributed by atoms with Gasteiger partial charge in [0.15, 0.2) is 0 Å². The van der Waals surface area contributed by atoms with Gasteiger partial charge in [-0.2, -0.15) is 0 Å². The first-order chi connectivity index (χ1) is 13.0. The predicted molar refractivity (Wildman–Crippen MR) is 120 cm³/mol. The largest absolute Gasteiger partial charge is 0.361 e. The van der Waals surface area contributed by atoms with Gasteiger partial charge in [0, 0.05) is 20.7 Å². The van der Waals surface area contributed by atoms with E-state index in [-0.39, 0.29) is 10.8 Å². The Morgan fingerprint density at radius 1 is 1.32 bits per heavy atom. The summed E-state index contributed by atoms with van der Waals surface area (Å²) in [5.41, 5.74) is 3.24. The molecule has 0 aliphatic heterocycles. The molecular weight excluding hydrogens is 386 g/mol. The summed E-state index contributed by atoms with van der Waals surface area (Å²) < 4.78 is 23.7. The van der Waals surface area contributed by atoms with E-state index in [1.54, 1.807) is 0 Å². The van der Waals surface area contributed by atoms with E-state index >= 15 is 0 Å². The fraction of sp³-hybridized carbons (Fsp3) is 0.667. The van der Waals surface area contributed by atoms with E-state index in [1.807, 2.05) is 27.1 Å². The van der Waals surface area contributed by atoms with Crippen LogP contribution in [0.2, 0.25) is 25.7 Å². The molecule has 3 rings (SSSR count). The molecule has 1 aromatic carbocycles. The highest BCUT2D eigenvalue weighted by Crippen LogP contribution is 2.42. The molecule has 0 radical (unpaired) electrons. The molecule has 0 amide bonds. The molecule has 1 N–H and O–H groups in total. The SMILES string of the molecule is CC(C)(C)[S@](=O)N[C@@H](c1ccc2c(c1)ncn2COCC[Si](C)(C)C)C1CC1. The van der Waals surface area contributed by atoms with Gasteiger partial charge >= 0.3 is 0 Å². The van der Waals surface area contributed by atoms with Crippen LogP contribution in [0.3, 0.4) is 0 Å². The van der Waals surface area contributed by atoms with E-state index < -0.39 is 19.1 Å². The molecule has 1 aliphatic carbocycles. The molecule has 5 nitrogen and oxygen atoms in total. The quantitative estimate of drug-likeness (QED) is 0.465. The second-order valence-electron chi connectivity index (χ2n) is 10.1. The first kappa shape index (κ1) is 21.7. The lowest BCUT2D eigenvalue weighted by atomic mass is 10.0. The first-order valence-corrected chi connectivity index (χ1v) is 15.1. The van der Waals surface area contributed by atoms with Crippen molar-refractivity contribution in [3.05, 3.63) is 30.1 Å². The van der Waals surface area contributed by atoms with E-state index in [1.165, 1.54) is 24.4 Å². The van der Waals surface area contributed by atoms with Crippen LogP contribution in [0, 0.1) is 5.92 Å². The maximum Gasteiger partial charge on any atom is 0.124 e. The Hall–Kier alpha value is -1.02. The minimum atomic E-state index is -1.08. The molecule has 1 saturated carbocycles. The summed E-state index contributed by atoms with van der Waals surface area (Å²) in [5, 5.41) is 0. The van der Waals surface area contributed by atoms with Crippen LogP contribution < -0.4 is 4.72 Å². The van der Waals surface area contributed by atoms with Crippen molar-refractivity contribution >= 4 is 30.1 Å². The monoisotopic (exact) mass is 421 g/mol. The van der Waals surface area contributed by atoms with E-state index in [2.05, 4.69) is 52.1 Å². The zero-order valence-electron chi connectivity index (χ0n) is 18.1. The topological polar surface area (TPSA) is 56.2 Å². The highest BCUT2D eigenvalue weighted by atomic mass is 32.2. The van der Waals surface area contributed by atoms with Gasteiger partial charge in [-0.15, -0.1) is 0 Å². The van der Waals surface area contributed by atoms with Crippen molar-refractivity contribution < 1.29 is 8.95 Å². The fourth-order valence-electron chi connectivity index (χ4n) is 3.08. The maximum atomic E-state index is 12.6. The Kier molecular flexibility index (Phi) is 6.49. The van der Waals surface area contributed by atoms with E-state index in [4.69, 9.17) is 4.74 Å². The van der Waals surface area contributed by atoms with Crippen LogP contribution in [0.15, 0.2) is 24.5 Å². The summed E-state index contributed by atoms with van der Waals surface area (Å²) in [7, 11) is -2.15. The third-order valence-electron chi connectivity index (χ3n) is 5.11. The maximum absolute atomic E-state index is 12.6. The average Bonchev–Trinajstić information content (AvgIpc) is 3.35. The minimum absolute atomic E-state index is 0.127. The van der Waals surface area contributed by atoms with Crippen molar-refractivity contribution in [3.8, 4) is 0 Å². The Morgan fingerprint density at radius 3 is 2.64 bits per heavy atom. The van der Waals surface area contributed by atoms with Crippen molar-refractivity contribution in [3.63, 3.8) is 0 Å². The van der Waals surface area contributed by atoms with Gasteiger partial charge in [0.1, 0.15) is 6.73 Å². The fourth-order valence-corrected chi connectivity index (χ4v) is 4.75. The lowest BCUT2D eigenvalue weighted by molar-refractivity contribution is 0.0898. The summed E-state index contributed by atoms with van der Waals surface area (Å²) in [4.78, 5) is 4.58. The van der Waals surface area contributed by atoms with Crippen molar-refractivity contribution in [2.24, 2.45) is 5.92 Å². The van der Waals surface area contributed by atoms with Crippen LogP contribution in [0.25, 0.3) is 11.0 Å². The highest BCUT2D eigenvalue weighted by molar-refractivity contribution is 7.84. The molecule has 2 atom stereocenters. The molecule has 1 aliphatic rings. The minimum Gasteiger partial charge on any atom is -0.361 e. The molecule has 1 aromatic heterocycles. The molecule has 0 spiro atoms. The normalized spacial score (nSPS) is 17.8. The van der Waals surface area contributed by atoms with Gasteiger partial charge in [0.2, 0.25) is 0 Å². The molecule has 7 heteroatoms. The number of nitrogens with one attached hydrogen (secondary N) is 1. The molecular formula is C21H35N3O2SSi. The summed E-state index contributed by atoms with van der Waals surface area (Å²) in [6, 6.07) is 7.71. The molecule has 0 unspecified atom stereocenters. The second kappa shape index (κ2) is 8.38. The third-order valence-corrected chi connectivity index (χ3v) is 8.40. The van der Waals surface area contributed by atoms with E-state index in [9.17, 15) is 4.21 Å². The number of ether oxygens (including phenoxy) is 1. The van der Waals surface area contributed by atoms with Crippen LogP contribution in [0.1, 0.15) is 45.2 Å². The molecule has 2 aromatic rings. The molecule has 0 saturated heterocycles. The van der Waals surface area contributed by atoms with Gasteiger partial charge in [-0.25, -0.2) is 13.9 Å². The Labute approximate surface area is 172 Å². The Bertz CT molecular complexity index is 834. The van der Waals surface area contributed by atoms with Crippen molar-refractivity contribution in [1.29, 1.82) is 0 Å². The smallest absolute Gasteiger partial charge is 0.124 e.